The molecule has 0 bridgehead atoms. The summed E-state index contributed by atoms with van der Waals surface area (Å²) >= 11 is 19.1. The lowest BCUT2D eigenvalue weighted by molar-refractivity contribution is 0.206. The molecule has 2 aliphatic carbocycles. The van der Waals surface area contributed by atoms with Gasteiger partial charge in [-0.2, -0.15) is 0 Å². The molecular formula is C20H18Cl3NO2. The molecule has 2 aromatic rings. The fraction of sp³-hybridized carbons (Fsp3) is 0.350. The summed E-state index contributed by atoms with van der Waals surface area (Å²) in [4.78, 5) is 0. The third-order valence-corrected chi connectivity index (χ3v) is 5.89. The minimum absolute atomic E-state index is 0.0714. The molecule has 1 aromatic heterocycles. The van der Waals surface area contributed by atoms with Gasteiger partial charge in [0.15, 0.2) is 0 Å². The number of hydrogen-bond donors (Lipinski definition) is 0. The number of rotatable bonds is 5. The van der Waals surface area contributed by atoms with Crippen LogP contribution in [-0.2, 0) is 11.3 Å². The molecule has 2 atom stereocenters. The van der Waals surface area contributed by atoms with Crippen LogP contribution in [0.15, 0.2) is 46.7 Å². The van der Waals surface area contributed by atoms with Gasteiger partial charge >= 0.3 is 0 Å². The largest absolute Gasteiger partial charge is 0.489 e. The second-order valence-corrected chi connectivity index (χ2v) is 8.08. The van der Waals surface area contributed by atoms with E-state index < -0.39 is 0 Å². The lowest BCUT2D eigenvalue weighted by Crippen LogP contribution is -2.11. The first kappa shape index (κ1) is 18.0. The topological polar surface area (TPSA) is 35.3 Å². The molecule has 2 aliphatic rings. The maximum atomic E-state index is 6.38. The van der Waals surface area contributed by atoms with Crippen molar-refractivity contribution in [3.63, 3.8) is 0 Å². The molecule has 0 amide bonds. The average molecular weight is 411 g/mol. The molecule has 0 radical (unpaired) electrons. The molecule has 1 aromatic carbocycles. The molecule has 4 rings (SSSR count). The maximum absolute atomic E-state index is 6.38. The highest BCUT2D eigenvalue weighted by molar-refractivity contribution is 6.39. The Balaban J connectivity index is 1.66. The SMILES string of the molecule is CC1C=CC(OCc2c(-c3c(Cl)cccc3Cl)noc2C2CC2)=CC1Cl. The molecule has 0 saturated heterocycles. The summed E-state index contributed by atoms with van der Waals surface area (Å²) in [6.07, 6.45) is 8.13. The molecule has 0 aliphatic heterocycles. The summed E-state index contributed by atoms with van der Waals surface area (Å²) in [6, 6.07) is 5.40. The summed E-state index contributed by atoms with van der Waals surface area (Å²) in [5, 5.41) is 5.29. The first-order valence-electron chi connectivity index (χ1n) is 8.64. The van der Waals surface area contributed by atoms with Gasteiger partial charge in [0.25, 0.3) is 0 Å². The first-order valence-corrected chi connectivity index (χ1v) is 9.83. The Hall–Kier alpha value is -1.42. The number of allylic oxidation sites excluding steroid dienone is 3. The molecule has 1 fully saturated rings. The Labute approximate surface area is 167 Å². The van der Waals surface area contributed by atoms with E-state index in [-0.39, 0.29) is 5.38 Å². The lowest BCUT2D eigenvalue weighted by atomic mass is 10.0. The van der Waals surface area contributed by atoms with Crippen LogP contribution >= 0.6 is 34.8 Å². The van der Waals surface area contributed by atoms with Crippen molar-refractivity contribution in [2.75, 3.05) is 0 Å². The Morgan fingerprint density at radius 1 is 1.23 bits per heavy atom. The van der Waals surface area contributed by atoms with Crippen molar-refractivity contribution in [1.29, 1.82) is 0 Å². The minimum atomic E-state index is -0.0714. The number of nitrogens with zero attached hydrogens (tertiary/aromatic N) is 1. The highest BCUT2D eigenvalue weighted by Gasteiger charge is 2.33. The van der Waals surface area contributed by atoms with Crippen molar-refractivity contribution < 1.29 is 9.26 Å². The highest BCUT2D eigenvalue weighted by atomic mass is 35.5. The van der Waals surface area contributed by atoms with E-state index in [1.54, 1.807) is 12.1 Å². The molecule has 2 unspecified atom stereocenters. The fourth-order valence-corrected chi connectivity index (χ4v) is 3.80. The van der Waals surface area contributed by atoms with Crippen molar-refractivity contribution in [3.05, 3.63) is 63.6 Å². The zero-order valence-electron chi connectivity index (χ0n) is 14.2. The maximum Gasteiger partial charge on any atom is 0.147 e. The van der Waals surface area contributed by atoms with E-state index in [4.69, 9.17) is 44.1 Å². The molecule has 1 saturated carbocycles. The molecule has 1 heterocycles. The molecule has 26 heavy (non-hydrogen) atoms. The van der Waals surface area contributed by atoms with Crippen molar-refractivity contribution >= 4 is 34.8 Å². The molecule has 6 heteroatoms. The van der Waals surface area contributed by atoms with E-state index in [1.165, 1.54) is 0 Å². The van der Waals surface area contributed by atoms with Crippen LogP contribution in [0.5, 0.6) is 0 Å². The van der Waals surface area contributed by atoms with E-state index in [1.807, 2.05) is 24.3 Å². The zero-order chi connectivity index (χ0) is 18.3. The van der Waals surface area contributed by atoms with Crippen LogP contribution in [0.2, 0.25) is 10.0 Å². The van der Waals surface area contributed by atoms with Gasteiger partial charge in [-0.15, -0.1) is 11.6 Å². The van der Waals surface area contributed by atoms with Gasteiger partial charge in [-0.25, -0.2) is 0 Å². The zero-order valence-corrected chi connectivity index (χ0v) is 16.5. The van der Waals surface area contributed by atoms with Crippen molar-refractivity contribution in [2.45, 2.75) is 37.7 Å². The third kappa shape index (κ3) is 3.53. The van der Waals surface area contributed by atoms with Crippen LogP contribution in [0, 0.1) is 5.92 Å². The fourth-order valence-electron chi connectivity index (χ4n) is 3.02. The van der Waals surface area contributed by atoms with Crippen molar-refractivity contribution in [3.8, 4) is 11.3 Å². The summed E-state index contributed by atoms with van der Waals surface area (Å²) < 4.78 is 11.7. The van der Waals surface area contributed by atoms with Crippen molar-refractivity contribution in [1.82, 2.24) is 5.16 Å². The van der Waals surface area contributed by atoms with Gasteiger partial charge in [-0.1, -0.05) is 47.4 Å². The Morgan fingerprint density at radius 3 is 2.62 bits per heavy atom. The quantitative estimate of drug-likeness (QED) is 0.512. The Bertz CT molecular complexity index is 863. The number of benzene rings is 1. The van der Waals surface area contributed by atoms with Crippen LogP contribution in [0.1, 0.15) is 37.0 Å². The van der Waals surface area contributed by atoms with E-state index in [2.05, 4.69) is 12.1 Å². The van der Waals surface area contributed by atoms with E-state index >= 15 is 0 Å². The lowest BCUT2D eigenvalue weighted by Gasteiger charge is -2.18. The monoisotopic (exact) mass is 409 g/mol. The van der Waals surface area contributed by atoms with E-state index in [0.717, 1.165) is 29.9 Å². The van der Waals surface area contributed by atoms with E-state index in [9.17, 15) is 0 Å². The van der Waals surface area contributed by atoms with Gasteiger partial charge in [-0.05, 0) is 43.0 Å². The predicted octanol–water partition coefficient (Wildman–Crippen LogP) is 6.74. The molecule has 136 valence electrons. The smallest absolute Gasteiger partial charge is 0.147 e. The van der Waals surface area contributed by atoms with Crippen LogP contribution in [0.4, 0.5) is 0 Å². The van der Waals surface area contributed by atoms with Crippen LogP contribution < -0.4 is 0 Å². The van der Waals surface area contributed by atoms with Gasteiger partial charge in [0.05, 0.1) is 21.0 Å². The summed E-state index contributed by atoms with van der Waals surface area (Å²) in [6.45, 7) is 2.41. The molecular weight excluding hydrogens is 393 g/mol. The Kier molecular flexibility index (Phi) is 5.05. The van der Waals surface area contributed by atoms with Crippen LogP contribution in [0.25, 0.3) is 11.3 Å². The molecule has 3 nitrogen and oxygen atoms in total. The number of aromatic nitrogens is 1. The van der Waals surface area contributed by atoms with Crippen molar-refractivity contribution in [2.24, 2.45) is 5.92 Å². The number of alkyl halides is 1. The predicted molar refractivity (Wildman–Crippen MR) is 105 cm³/mol. The summed E-state index contributed by atoms with van der Waals surface area (Å²) in [5.74, 6) is 2.31. The highest BCUT2D eigenvalue weighted by Crippen LogP contribution is 2.46. The number of ether oxygens (including phenoxy) is 1. The first-order chi connectivity index (χ1) is 12.5. The standard InChI is InChI=1S/C20H18Cl3NO2/c1-11-5-8-13(9-17(11)23)25-10-14-19(24-26-20(14)12-6-7-12)18-15(21)3-2-4-16(18)22/h2-5,8-9,11-12,17H,6-7,10H2,1H3. The second kappa shape index (κ2) is 7.30. The van der Waals surface area contributed by atoms with Crippen LogP contribution in [-0.4, -0.2) is 10.5 Å². The van der Waals surface area contributed by atoms with Gasteiger partial charge in [0, 0.05) is 11.5 Å². The Morgan fingerprint density at radius 2 is 1.96 bits per heavy atom. The number of halogens is 3. The van der Waals surface area contributed by atoms with Gasteiger partial charge in [0.2, 0.25) is 0 Å². The van der Waals surface area contributed by atoms with Crippen LogP contribution in [0.3, 0.4) is 0 Å². The van der Waals surface area contributed by atoms with Gasteiger partial charge in [0.1, 0.15) is 23.8 Å². The average Bonchev–Trinajstić information content (AvgIpc) is 3.37. The van der Waals surface area contributed by atoms with Gasteiger partial charge in [-0.3, -0.25) is 0 Å². The van der Waals surface area contributed by atoms with Gasteiger partial charge < -0.3 is 9.26 Å². The second-order valence-electron chi connectivity index (χ2n) is 6.77. The normalized spacial score (nSPS) is 22.4. The van der Waals surface area contributed by atoms with E-state index in [0.29, 0.717) is 39.7 Å². The summed E-state index contributed by atoms with van der Waals surface area (Å²) in [7, 11) is 0. The molecule has 0 spiro atoms. The number of hydrogen-bond acceptors (Lipinski definition) is 3. The summed E-state index contributed by atoms with van der Waals surface area (Å²) in [5.41, 5.74) is 2.24. The minimum Gasteiger partial charge on any atom is -0.489 e. The third-order valence-electron chi connectivity index (χ3n) is 4.74. The molecule has 0 N–H and O–H groups in total.